The maximum absolute atomic E-state index is 13.4. The van der Waals surface area contributed by atoms with Crippen molar-refractivity contribution in [3.05, 3.63) is 35.6 Å². The number of benzene rings is 1. The Labute approximate surface area is 117 Å². The molecule has 3 atom stereocenters. The summed E-state index contributed by atoms with van der Waals surface area (Å²) < 4.78 is 18.8. The van der Waals surface area contributed by atoms with Gasteiger partial charge in [0, 0.05) is 18.9 Å². The molecule has 0 saturated carbocycles. The quantitative estimate of drug-likeness (QED) is 0.861. The molecule has 5 heteroatoms. The number of halogens is 1. The molecule has 1 aliphatic heterocycles. The Morgan fingerprint density at radius 1 is 1.45 bits per heavy atom. The maximum atomic E-state index is 13.4. The molecule has 1 aliphatic rings. The number of ether oxygens (including phenoxy) is 1. The van der Waals surface area contributed by atoms with Gasteiger partial charge in [-0.3, -0.25) is 14.9 Å². The summed E-state index contributed by atoms with van der Waals surface area (Å²) in [5.74, 6) is -1.75. The first-order valence-corrected chi connectivity index (χ1v) is 6.50. The van der Waals surface area contributed by atoms with Gasteiger partial charge in [-0.2, -0.15) is 0 Å². The van der Waals surface area contributed by atoms with Crippen LogP contribution in [0.25, 0.3) is 0 Å². The van der Waals surface area contributed by atoms with Crippen molar-refractivity contribution in [1.29, 1.82) is 0 Å². The third kappa shape index (κ3) is 2.45. The highest BCUT2D eigenvalue weighted by atomic mass is 19.1. The number of piperidine rings is 1. The minimum absolute atomic E-state index is 0.162. The summed E-state index contributed by atoms with van der Waals surface area (Å²) in [5.41, 5.74) is -0.150. The number of rotatable bonds is 3. The van der Waals surface area contributed by atoms with Crippen molar-refractivity contribution in [3.63, 3.8) is 0 Å². The summed E-state index contributed by atoms with van der Waals surface area (Å²) in [7, 11) is 1.54. The van der Waals surface area contributed by atoms with Gasteiger partial charge in [-0.1, -0.05) is 19.1 Å². The van der Waals surface area contributed by atoms with Gasteiger partial charge in [-0.15, -0.1) is 0 Å². The lowest BCUT2D eigenvalue weighted by atomic mass is 9.65. The fourth-order valence-corrected chi connectivity index (χ4v) is 2.87. The zero-order valence-corrected chi connectivity index (χ0v) is 11.8. The van der Waals surface area contributed by atoms with Crippen LogP contribution in [0.2, 0.25) is 0 Å². The Hall–Kier alpha value is -1.75. The molecule has 3 unspecified atom stereocenters. The summed E-state index contributed by atoms with van der Waals surface area (Å²) in [6.07, 6.45) is -0.152. The smallest absolute Gasteiger partial charge is 0.234 e. The van der Waals surface area contributed by atoms with E-state index in [1.807, 2.05) is 13.8 Å². The normalized spacial score (nSPS) is 28.1. The van der Waals surface area contributed by atoms with Crippen LogP contribution in [0.15, 0.2) is 24.3 Å². The topological polar surface area (TPSA) is 55.4 Å². The Balaban J connectivity index is 2.50. The summed E-state index contributed by atoms with van der Waals surface area (Å²) in [5, 5.41) is 2.33. The number of imide groups is 1. The molecule has 2 amide bonds. The first-order chi connectivity index (χ1) is 9.38. The maximum Gasteiger partial charge on any atom is 0.234 e. The molecular weight excluding hydrogens is 261 g/mol. The summed E-state index contributed by atoms with van der Waals surface area (Å²) in [4.78, 5) is 23.9. The van der Waals surface area contributed by atoms with E-state index < -0.39 is 23.1 Å². The standard InChI is InChI=1S/C15H18FNO3/c1-9(20-3)15(2)8-12(18)17-14(19)13(15)10-5-4-6-11(16)7-10/h4-7,9,13H,8H2,1-3H3,(H,17,18,19). The Morgan fingerprint density at radius 3 is 2.75 bits per heavy atom. The van der Waals surface area contributed by atoms with Gasteiger partial charge in [0.1, 0.15) is 5.82 Å². The van der Waals surface area contributed by atoms with E-state index in [2.05, 4.69) is 5.32 Å². The fraction of sp³-hybridized carbons (Fsp3) is 0.467. The highest BCUT2D eigenvalue weighted by molar-refractivity contribution is 6.02. The third-order valence-electron chi connectivity index (χ3n) is 4.19. The molecule has 4 nitrogen and oxygen atoms in total. The van der Waals surface area contributed by atoms with Gasteiger partial charge < -0.3 is 4.74 Å². The van der Waals surface area contributed by atoms with E-state index in [9.17, 15) is 14.0 Å². The van der Waals surface area contributed by atoms with E-state index >= 15 is 0 Å². The van der Waals surface area contributed by atoms with Gasteiger partial charge in [0.05, 0.1) is 12.0 Å². The summed E-state index contributed by atoms with van der Waals surface area (Å²) in [6.45, 7) is 3.64. The lowest BCUT2D eigenvalue weighted by molar-refractivity contribution is -0.144. The molecule has 1 saturated heterocycles. The molecule has 1 fully saturated rings. The third-order valence-corrected chi connectivity index (χ3v) is 4.19. The first kappa shape index (κ1) is 14.7. The second-order valence-corrected chi connectivity index (χ2v) is 5.46. The number of amides is 2. The van der Waals surface area contributed by atoms with Gasteiger partial charge in [0.25, 0.3) is 0 Å². The van der Waals surface area contributed by atoms with Gasteiger partial charge in [0.2, 0.25) is 11.8 Å². The van der Waals surface area contributed by atoms with Crippen LogP contribution in [0.1, 0.15) is 31.7 Å². The van der Waals surface area contributed by atoms with Crippen LogP contribution >= 0.6 is 0 Å². The molecule has 1 aromatic carbocycles. The van der Waals surface area contributed by atoms with Crippen molar-refractivity contribution in [1.82, 2.24) is 5.32 Å². The summed E-state index contributed by atoms with van der Waals surface area (Å²) in [6, 6.07) is 5.92. The van der Waals surface area contributed by atoms with E-state index in [1.54, 1.807) is 12.1 Å². The van der Waals surface area contributed by atoms with Crippen LogP contribution in [-0.4, -0.2) is 25.0 Å². The highest BCUT2D eigenvalue weighted by Gasteiger charge is 2.49. The minimum Gasteiger partial charge on any atom is -0.381 e. The molecule has 0 aliphatic carbocycles. The molecule has 20 heavy (non-hydrogen) atoms. The minimum atomic E-state index is -0.706. The molecule has 2 rings (SSSR count). The molecule has 1 heterocycles. The molecular formula is C15H18FNO3. The van der Waals surface area contributed by atoms with Crippen LogP contribution in [-0.2, 0) is 14.3 Å². The molecule has 0 aromatic heterocycles. The van der Waals surface area contributed by atoms with Crippen molar-refractivity contribution in [2.24, 2.45) is 5.41 Å². The van der Waals surface area contributed by atoms with Gasteiger partial charge >= 0.3 is 0 Å². The number of nitrogens with one attached hydrogen (secondary N) is 1. The zero-order chi connectivity index (χ0) is 14.9. The van der Waals surface area contributed by atoms with E-state index in [4.69, 9.17) is 4.74 Å². The van der Waals surface area contributed by atoms with Crippen LogP contribution < -0.4 is 5.32 Å². The van der Waals surface area contributed by atoms with E-state index in [0.29, 0.717) is 5.56 Å². The molecule has 1 N–H and O–H groups in total. The van der Waals surface area contributed by atoms with E-state index in [1.165, 1.54) is 19.2 Å². The molecule has 108 valence electrons. The van der Waals surface area contributed by atoms with Gasteiger partial charge in [0.15, 0.2) is 0 Å². The number of hydrogen-bond acceptors (Lipinski definition) is 3. The molecule has 0 spiro atoms. The largest absolute Gasteiger partial charge is 0.381 e. The van der Waals surface area contributed by atoms with Crippen LogP contribution in [0.5, 0.6) is 0 Å². The Morgan fingerprint density at radius 2 is 2.15 bits per heavy atom. The van der Waals surface area contributed by atoms with Crippen molar-refractivity contribution in [2.75, 3.05) is 7.11 Å². The molecule has 1 aromatic rings. The van der Waals surface area contributed by atoms with Gasteiger partial charge in [-0.05, 0) is 24.6 Å². The van der Waals surface area contributed by atoms with E-state index in [-0.39, 0.29) is 18.4 Å². The van der Waals surface area contributed by atoms with Crippen molar-refractivity contribution >= 4 is 11.8 Å². The predicted octanol–water partition coefficient (Wildman–Crippen LogP) is 2.00. The summed E-state index contributed by atoms with van der Waals surface area (Å²) >= 11 is 0. The molecule has 0 radical (unpaired) electrons. The SMILES string of the molecule is COC(C)C1(C)CC(=O)NC(=O)C1c1cccc(F)c1. The fourth-order valence-electron chi connectivity index (χ4n) is 2.87. The van der Waals surface area contributed by atoms with Crippen LogP contribution in [0.3, 0.4) is 0 Å². The lowest BCUT2D eigenvalue weighted by Crippen LogP contribution is -2.53. The average molecular weight is 279 g/mol. The number of carbonyl (C=O) groups excluding carboxylic acids is 2. The van der Waals surface area contributed by atoms with E-state index in [0.717, 1.165) is 0 Å². The highest BCUT2D eigenvalue weighted by Crippen LogP contribution is 2.45. The second-order valence-electron chi connectivity index (χ2n) is 5.46. The van der Waals surface area contributed by atoms with Crippen molar-refractivity contribution < 1.29 is 18.7 Å². The van der Waals surface area contributed by atoms with Crippen molar-refractivity contribution in [2.45, 2.75) is 32.3 Å². The predicted molar refractivity (Wildman–Crippen MR) is 71.5 cm³/mol. The Kier molecular flexibility index (Phi) is 3.90. The average Bonchev–Trinajstić information content (AvgIpc) is 2.36. The Bertz CT molecular complexity index is 546. The van der Waals surface area contributed by atoms with Crippen LogP contribution in [0.4, 0.5) is 4.39 Å². The number of hydrogen-bond donors (Lipinski definition) is 1. The first-order valence-electron chi connectivity index (χ1n) is 6.50. The second kappa shape index (κ2) is 5.32. The zero-order valence-electron chi connectivity index (χ0n) is 11.8. The number of methoxy groups -OCH3 is 1. The lowest BCUT2D eigenvalue weighted by Gasteiger charge is -2.43. The van der Waals surface area contributed by atoms with Gasteiger partial charge in [-0.25, -0.2) is 4.39 Å². The van der Waals surface area contributed by atoms with Crippen molar-refractivity contribution in [3.8, 4) is 0 Å². The number of carbonyl (C=O) groups is 2. The molecule has 0 bridgehead atoms. The van der Waals surface area contributed by atoms with Crippen LogP contribution in [0, 0.1) is 11.2 Å². The monoisotopic (exact) mass is 279 g/mol.